The van der Waals surface area contributed by atoms with E-state index in [2.05, 4.69) is 0 Å². The number of hydrogen-bond donors (Lipinski definition) is 2. The van der Waals surface area contributed by atoms with Crippen LogP contribution in [0.1, 0.15) is 43.0 Å². The van der Waals surface area contributed by atoms with E-state index in [9.17, 15) is 9.90 Å². The number of amides is 1. The molecule has 5 heteroatoms. The minimum Gasteiger partial charge on any atom is -0.491 e. The molecule has 1 aliphatic rings. The molecule has 0 unspecified atom stereocenters. The van der Waals surface area contributed by atoms with E-state index < -0.39 is 6.10 Å². The van der Waals surface area contributed by atoms with Crippen LogP contribution in [0, 0.1) is 13.8 Å². The lowest BCUT2D eigenvalue weighted by atomic mass is 9.96. The van der Waals surface area contributed by atoms with Gasteiger partial charge in [-0.2, -0.15) is 0 Å². The van der Waals surface area contributed by atoms with Gasteiger partial charge in [-0.05, 0) is 56.9 Å². The summed E-state index contributed by atoms with van der Waals surface area (Å²) in [5.74, 6) is 0.804. The van der Waals surface area contributed by atoms with Gasteiger partial charge in [0.25, 0.3) is 0 Å². The first kappa shape index (κ1) is 16.8. The molecule has 0 aliphatic carbocycles. The fourth-order valence-corrected chi connectivity index (χ4v) is 2.91. The molecule has 0 bridgehead atoms. The van der Waals surface area contributed by atoms with E-state index in [-0.39, 0.29) is 24.6 Å². The summed E-state index contributed by atoms with van der Waals surface area (Å²) in [6, 6.07) is 3.56. The van der Waals surface area contributed by atoms with Crippen LogP contribution >= 0.6 is 0 Å². The molecule has 0 saturated carbocycles. The van der Waals surface area contributed by atoms with Crippen LogP contribution < -0.4 is 10.5 Å². The molecule has 122 valence electrons. The van der Waals surface area contributed by atoms with Crippen molar-refractivity contribution in [3.8, 4) is 5.75 Å². The molecule has 3 N–H and O–H groups in total. The van der Waals surface area contributed by atoms with Crippen LogP contribution in [0.4, 0.5) is 0 Å². The Hall–Kier alpha value is -1.59. The fraction of sp³-hybridized carbons (Fsp3) is 0.588. The maximum atomic E-state index is 12.1. The zero-order valence-corrected chi connectivity index (χ0v) is 13.8. The third-order valence-electron chi connectivity index (χ3n) is 4.46. The molecule has 1 amide bonds. The Kier molecular flexibility index (Phi) is 5.08. The Morgan fingerprint density at radius 3 is 2.59 bits per heavy atom. The van der Waals surface area contributed by atoms with Gasteiger partial charge in [-0.1, -0.05) is 6.07 Å². The van der Waals surface area contributed by atoms with E-state index in [0.29, 0.717) is 6.54 Å². The SMILES string of the molecule is Cc1c(OC[C@@H](C)O)ccc([C@H](C)N2CC[C@@H](N)C2=O)c1C. The quantitative estimate of drug-likeness (QED) is 0.868. The molecule has 1 fully saturated rings. The third-order valence-corrected chi connectivity index (χ3v) is 4.46. The predicted octanol–water partition coefficient (Wildman–Crippen LogP) is 1.68. The Balaban J connectivity index is 2.22. The molecule has 3 atom stereocenters. The lowest BCUT2D eigenvalue weighted by molar-refractivity contribution is -0.130. The van der Waals surface area contributed by atoms with Gasteiger partial charge in [0.15, 0.2) is 0 Å². The summed E-state index contributed by atoms with van der Waals surface area (Å²) in [6.45, 7) is 8.75. The number of aliphatic hydroxyl groups is 1. The largest absolute Gasteiger partial charge is 0.491 e. The van der Waals surface area contributed by atoms with Crippen molar-refractivity contribution < 1.29 is 14.6 Å². The van der Waals surface area contributed by atoms with E-state index in [4.69, 9.17) is 10.5 Å². The average Bonchev–Trinajstić information content (AvgIpc) is 2.80. The van der Waals surface area contributed by atoms with Crippen molar-refractivity contribution in [2.75, 3.05) is 13.2 Å². The third kappa shape index (κ3) is 3.25. The van der Waals surface area contributed by atoms with Crippen LogP contribution in [0.15, 0.2) is 12.1 Å². The average molecular weight is 306 g/mol. The van der Waals surface area contributed by atoms with Gasteiger partial charge >= 0.3 is 0 Å². The summed E-state index contributed by atoms with van der Waals surface area (Å²) in [5, 5.41) is 9.33. The molecule has 5 nitrogen and oxygen atoms in total. The molecule has 2 rings (SSSR count). The molecule has 0 radical (unpaired) electrons. The summed E-state index contributed by atoms with van der Waals surface area (Å²) in [6.07, 6.45) is 0.221. The Morgan fingerprint density at radius 2 is 2.05 bits per heavy atom. The zero-order valence-electron chi connectivity index (χ0n) is 13.8. The maximum Gasteiger partial charge on any atom is 0.240 e. The summed E-state index contributed by atoms with van der Waals surface area (Å²) in [7, 11) is 0. The lowest BCUT2D eigenvalue weighted by Crippen LogP contribution is -2.35. The lowest BCUT2D eigenvalue weighted by Gasteiger charge is -2.27. The zero-order chi connectivity index (χ0) is 16.4. The molecule has 0 spiro atoms. The Morgan fingerprint density at radius 1 is 1.36 bits per heavy atom. The van der Waals surface area contributed by atoms with Crippen molar-refractivity contribution in [3.05, 3.63) is 28.8 Å². The van der Waals surface area contributed by atoms with Crippen LogP contribution in [0.25, 0.3) is 0 Å². The van der Waals surface area contributed by atoms with Gasteiger partial charge in [-0.25, -0.2) is 0 Å². The molecular weight excluding hydrogens is 280 g/mol. The highest BCUT2D eigenvalue weighted by Gasteiger charge is 2.33. The molecule has 0 aromatic heterocycles. The highest BCUT2D eigenvalue weighted by Crippen LogP contribution is 2.32. The van der Waals surface area contributed by atoms with E-state index >= 15 is 0 Å². The predicted molar refractivity (Wildman–Crippen MR) is 85.8 cm³/mol. The number of benzene rings is 1. The maximum absolute atomic E-state index is 12.1. The van der Waals surface area contributed by atoms with Gasteiger partial charge in [0.1, 0.15) is 12.4 Å². The first-order valence-corrected chi connectivity index (χ1v) is 7.80. The molecule has 22 heavy (non-hydrogen) atoms. The molecule has 1 aromatic carbocycles. The van der Waals surface area contributed by atoms with Gasteiger partial charge in [0.05, 0.1) is 18.2 Å². The second-order valence-corrected chi connectivity index (χ2v) is 6.17. The molecule has 1 aromatic rings. The van der Waals surface area contributed by atoms with Crippen molar-refractivity contribution >= 4 is 5.91 Å². The van der Waals surface area contributed by atoms with E-state index in [1.54, 1.807) is 6.92 Å². The summed E-state index contributed by atoms with van der Waals surface area (Å²) in [4.78, 5) is 14.0. The van der Waals surface area contributed by atoms with Crippen molar-refractivity contribution in [2.45, 2.75) is 52.3 Å². The molecule has 1 aliphatic heterocycles. The van der Waals surface area contributed by atoms with E-state index in [0.717, 1.165) is 28.9 Å². The highest BCUT2D eigenvalue weighted by molar-refractivity contribution is 5.84. The molecule has 1 saturated heterocycles. The number of nitrogens with zero attached hydrogens (tertiary/aromatic N) is 1. The second-order valence-electron chi connectivity index (χ2n) is 6.17. The van der Waals surface area contributed by atoms with Crippen molar-refractivity contribution in [1.29, 1.82) is 0 Å². The van der Waals surface area contributed by atoms with Crippen molar-refractivity contribution in [1.82, 2.24) is 4.90 Å². The van der Waals surface area contributed by atoms with Crippen LogP contribution in [-0.4, -0.2) is 41.2 Å². The second kappa shape index (κ2) is 6.67. The number of aliphatic hydroxyl groups excluding tert-OH is 1. The van der Waals surface area contributed by atoms with Gasteiger partial charge in [-0.3, -0.25) is 4.79 Å². The Bertz CT molecular complexity index is 557. The van der Waals surface area contributed by atoms with Crippen molar-refractivity contribution in [3.63, 3.8) is 0 Å². The monoisotopic (exact) mass is 306 g/mol. The smallest absolute Gasteiger partial charge is 0.240 e. The van der Waals surface area contributed by atoms with Gasteiger partial charge < -0.3 is 20.5 Å². The van der Waals surface area contributed by atoms with Crippen LogP contribution in [0.5, 0.6) is 5.75 Å². The minimum absolute atomic E-state index is 0.00515. The standard InChI is InChI=1S/C17H26N2O3/c1-10(20)9-22-16-6-5-14(11(2)12(16)3)13(4)19-8-7-15(18)17(19)21/h5-6,10,13,15,20H,7-9,18H2,1-4H3/t10-,13+,15-/m1/s1. The number of likely N-dealkylation sites (tertiary alicyclic amines) is 1. The summed E-state index contributed by atoms with van der Waals surface area (Å²) in [5.41, 5.74) is 9.08. The van der Waals surface area contributed by atoms with Gasteiger partial charge in [0.2, 0.25) is 5.91 Å². The number of carbonyl (C=O) groups excluding carboxylic acids is 1. The van der Waals surface area contributed by atoms with Crippen LogP contribution in [0.3, 0.4) is 0 Å². The summed E-state index contributed by atoms with van der Waals surface area (Å²) >= 11 is 0. The number of rotatable bonds is 5. The first-order valence-electron chi connectivity index (χ1n) is 7.80. The van der Waals surface area contributed by atoms with E-state index in [1.807, 2.05) is 37.8 Å². The van der Waals surface area contributed by atoms with E-state index in [1.165, 1.54) is 0 Å². The van der Waals surface area contributed by atoms with Crippen molar-refractivity contribution in [2.24, 2.45) is 5.73 Å². The number of nitrogens with two attached hydrogens (primary N) is 1. The first-order chi connectivity index (χ1) is 10.3. The fourth-order valence-electron chi connectivity index (χ4n) is 2.91. The Labute approximate surface area is 132 Å². The molecular formula is C17H26N2O3. The normalized spacial score (nSPS) is 21.1. The highest BCUT2D eigenvalue weighted by atomic mass is 16.5. The molecule has 1 heterocycles. The van der Waals surface area contributed by atoms with Crippen LogP contribution in [0.2, 0.25) is 0 Å². The number of hydrogen-bond acceptors (Lipinski definition) is 4. The number of ether oxygens (including phenoxy) is 1. The summed E-state index contributed by atoms with van der Waals surface area (Å²) < 4.78 is 5.63. The van der Waals surface area contributed by atoms with Gasteiger partial charge in [-0.15, -0.1) is 0 Å². The van der Waals surface area contributed by atoms with Gasteiger partial charge in [0, 0.05) is 6.54 Å². The topological polar surface area (TPSA) is 75.8 Å². The minimum atomic E-state index is -0.498. The number of carbonyl (C=O) groups is 1. The van der Waals surface area contributed by atoms with Crippen LogP contribution in [-0.2, 0) is 4.79 Å².